The van der Waals surface area contributed by atoms with Crippen LogP contribution >= 0.6 is 11.8 Å². The number of anilines is 1. The Morgan fingerprint density at radius 2 is 1.75 bits per heavy atom. The van der Waals surface area contributed by atoms with E-state index >= 15 is 0 Å². The van der Waals surface area contributed by atoms with Crippen LogP contribution in [0.3, 0.4) is 0 Å². The molecule has 4 rings (SSSR count). The zero-order valence-electron chi connectivity index (χ0n) is 17.8. The van der Waals surface area contributed by atoms with Gasteiger partial charge in [0, 0.05) is 30.1 Å². The van der Waals surface area contributed by atoms with Crippen LogP contribution in [0.1, 0.15) is 40.0 Å². The molecule has 0 radical (unpaired) electrons. The molecule has 2 heterocycles. The smallest absolute Gasteiger partial charge is 0.311 e. The first-order valence-electron chi connectivity index (χ1n) is 10.6. The summed E-state index contributed by atoms with van der Waals surface area (Å²) < 4.78 is 5.37. The lowest BCUT2D eigenvalue weighted by Crippen LogP contribution is -2.31. The van der Waals surface area contributed by atoms with Crippen LogP contribution in [0, 0.1) is 5.92 Å². The minimum absolute atomic E-state index is 0.0872. The van der Waals surface area contributed by atoms with Crippen molar-refractivity contribution in [2.24, 2.45) is 5.92 Å². The number of amides is 3. The highest BCUT2D eigenvalue weighted by molar-refractivity contribution is 7.98. The predicted octanol–water partition coefficient (Wildman–Crippen LogP) is 3.38. The third-order valence-electron chi connectivity index (χ3n) is 5.72. The third-order valence-corrected chi connectivity index (χ3v) is 6.45. The average molecular weight is 453 g/mol. The van der Waals surface area contributed by atoms with Crippen molar-refractivity contribution in [3.8, 4) is 0 Å². The molecule has 2 aliphatic heterocycles. The average Bonchev–Trinajstić information content (AvgIpc) is 3.32. The predicted molar refractivity (Wildman–Crippen MR) is 121 cm³/mol. The Kier molecular flexibility index (Phi) is 6.60. The Morgan fingerprint density at radius 3 is 2.44 bits per heavy atom. The Labute approximate surface area is 190 Å². The summed E-state index contributed by atoms with van der Waals surface area (Å²) in [6.45, 7) is 0.782. The maximum Gasteiger partial charge on any atom is 0.311 e. The third kappa shape index (κ3) is 4.41. The molecular weight excluding hydrogens is 428 g/mol. The number of carbonyl (C=O) groups excluding carboxylic acids is 4. The van der Waals surface area contributed by atoms with E-state index in [4.69, 9.17) is 4.74 Å². The largest absolute Gasteiger partial charge is 0.465 e. The molecule has 1 saturated heterocycles. The van der Waals surface area contributed by atoms with Crippen molar-refractivity contribution in [2.75, 3.05) is 30.9 Å². The zero-order valence-corrected chi connectivity index (χ0v) is 18.6. The molecule has 0 spiro atoms. The van der Waals surface area contributed by atoms with Crippen LogP contribution in [0.15, 0.2) is 53.4 Å². The number of unbranched alkanes of at least 4 members (excludes halogenated alkanes) is 1. The van der Waals surface area contributed by atoms with Crippen molar-refractivity contribution in [2.45, 2.75) is 24.2 Å². The van der Waals surface area contributed by atoms with Gasteiger partial charge >= 0.3 is 5.97 Å². The summed E-state index contributed by atoms with van der Waals surface area (Å²) in [6, 6.07) is 14.5. The fourth-order valence-corrected chi connectivity index (χ4v) is 4.45. The molecular formula is C24H24N2O5S. The van der Waals surface area contributed by atoms with Crippen LogP contribution in [-0.2, 0) is 14.3 Å². The summed E-state index contributed by atoms with van der Waals surface area (Å²) in [5.74, 6) is -1.52. The summed E-state index contributed by atoms with van der Waals surface area (Å²) in [7, 11) is 0. The monoisotopic (exact) mass is 452 g/mol. The molecule has 3 amide bonds. The lowest BCUT2D eigenvalue weighted by molar-refractivity contribution is -0.148. The van der Waals surface area contributed by atoms with Gasteiger partial charge in [-0.15, -0.1) is 11.8 Å². The SMILES string of the molecule is CSc1cccc(N2C[C@H](C(=O)OCCCCN3C(=O)c4ccccc4C3=O)CC2=O)c1. The number of nitrogens with zero attached hydrogens (tertiary/aromatic N) is 2. The molecule has 0 bridgehead atoms. The molecule has 32 heavy (non-hydrogen) atoms. The van der Waals surface area contributed by atoms with Crippen LogP contribution in [-0.4, -0.2) is 54.5 Å². The molecule has 1 atom stereocenters. The quantitative estimate of drug-likeness (QED) is 0.264. The normalized spacial score (nSPS) is 17.8. The van der Waals surface area contributed by atoms with E-state index < -0.39 is 5.92 Å². The van der Waals surface area contributed by atoms with Crippen LogP contribution in [0.4, 0.5) is 5.69 Å². The Morgan fingerprint density at radius 1 is 1.03 bits per heavy atom. The van der Waals surface area contributed by atoms with Crippen molar-refractivity contribution in [1.82, 2.24) is 4.90 Å². The van der Waals surface area contributed by atoms with E-state index in [9.17, 15) is 19.2 Å². The van der Waals surface area contributed by atoms with Gasteiger partial charge in [0.05, 0.1) is 23.7 Å². The van der Waals surface area contributed by atoms with Crippen molar-refractivity contribution >= 4 is 41.1 Å². The molecule has 8 heteroatoms. The first-order chi connectivity index (χ1) is 15.5. The molecule has 0 aromatic heterocycles. The topological polar surface area (TPSA) is 84.0 Å². The van der Waals surface area contributed by atoms with Gasteiger partial charge in [-0.2, -0.15) is 0 Å². The van der Waals surface area contributed by atoms with Crippen molar-refractivity contribution in [3.63, 3.8) is 0 Å². The first-order valence-corrected chi connectivity index (χ1v) is 11.8. The number of hydrogen-bond acceptors (Lipinski definition) is 6. The van der Waals surface area contributed by atoms with Crippen LogP contribution in [0.5, 0.6) is 0 Å². The number of esters is 1. The van der Waals surface area contributed by atoms with Gasteiger partial charge in [0.25, 0.3) is 11.8 Å². The number of benzene rings is 2. The van der Waals surface area contributed by atoms with E-state index in [-0.39, 0.29) is 43.3 Å². The molecule has 0 unspecified atom stereocenters. The fraction of sp³-hybridized carbons (Fsp3) is 0.333. The molecule has 7 nitrogen and oxygen atoms in total. The minimum atomic E-state index is -0.489. The lowest BCUT2D eigenvalue weighted by atomic mass is 10.1. The van der Waals surface area contributed by atoms with Gasteiger partial charge < -0.3 is 9.64 Å². The second kappa shape index (κ2) is 9.56. The number of thioether (sulfide) groups is 1. The van der Waals surface area contributed by atoms with E-state index in [2.05, 4.69) is 0 Å². The molecule has 2 aromatic carbocycles. The number of imide groups is 1. The molecule has 0 N–H and O–H groups in total. The van der Waals surface area contributed by atoms with Gasteiger partial charge in [-0.25, -0.2) is 0 Å². The molecule has 2 aliphatic rings. The second-order valence-electron chi connectivity index (χ2n) is 7.79. The van der Waals surface area contributed by atoms with E-state index in [1.54, 1.807) is 40.9 Å². The number of carbonyl (C=O) groups is 4. The van der Waals surface area contributed by atoms with Gasteiger partial charge in [-0.3, -0.25) is 24.1 Å². The number of hydrogen-bond donors (Lipinski definition) is 0. The molecule has 2 aromatic rings. The van der Waals surface area contributed by atoms with Crippen molar-refractivity contribution < 1.29 is 23.9 Å². The van der Waals surface area contributed by atoms with Gasteiger partial charge in [0.2, 0.25) is 5.91 Å². The number of rotatable bonds is 8. The second-order valence-corrected chi connectivity index (χ2v) is 8.67. The summed E-state index contributed by atoms with van der Waals surface area (Å²) in [4.78, 5) is 53.5. The highest BCUT2D eigenvalue weighted by Crippen LogP contribution is 2.29. The Hall–Kier alpha value is -3.13. The van der Waals surface area contributed by atoms with E-state index in [1.807, 2.05) is 30.5 Å². The van der Waals surface area contributed by atoms with E-state index in [1.165, 1.54) is 4.90 Å². The number of fused-ring (bicyclic) bond motifs is 1. The van der Waals surface area contributed by atoms with Gasteiger partial charge in [0.15, 0.2) is 0 Å². The fourth-order valence-electron chi connectivity index (χ4n) is 4.00. The number of ether oxygens (including phenoxy) is 1. The standard InChI is InChI=1S/C24H24N2O5S/c1-32-18-8-6-7-17(14-18)26-15-16(13-21(26)27)24(30)31-12-5-4-11-25-22(28)19-9-2-3-10-20(19)23(25)29/h2-3,6-10,14,16H,4-5,11-13,15H2,1H3/t16-/m1/s1. The lowest BCUT2D eigenvalue weighted by Gasteiger charge is -2.17. The summed E-state index contributed by atoms with van der Waals surface area (Å²) >= 11 is 1.60. The van der Waals surface area contributed by atoms with E-state index in [0.29, 0.717) is 30.5 Å². The first kappa shape index (κ1) is 22.1. The van der Waals surface area contributed by atoms with Crippen LogP contribution in [0.2, 0.25) is 0 Å². The maximum atomic E-state index is 12.4. The molecule has 1 fully saturated rings. The zero-order chi connectivity index (χ0) is 22.7. The Bertz CT molecular complexity index is 1030. The molecule has 166 valence electrons. The van der Waals surface area contributed by atoms with Gasteiger partial charge in [-0.1, -0.05) is 18.2 Å². The molecule has 0 aliphatic carbocycles. The summed E-state index contributed by atoms with van der Waals surface area (Å²) in [5, 5.41) is 0. The van der Waals surface area contributed by atoms with Crippen molar-refractivity contribution in [1.29, 1.82) is 0 Å². The summed E-state index contributed by atoms with van der Waals surface area (Å²) in [5.41, 5.74) is 1.66. The highest BCUT2D eigenvalue weighted by atomic mass is 32.2. The minimum Gasteiger partial charge on any atom is -0.465 e. The van der Waals surface area contributed by atoms with E-state index in [0.717, 1.165) is 10.6 Å². The Balaban J connectivity index is 1.22. The van der Waals surface area contributed by atoms with Crippen LogP contribution in [0.25, 0.3) is 0 Å². The van der Waals surface area contributed by atoms with Gasteiger partial charge in [-0.05, 0) is 49.4 Å². The maximum absolute atomic E-state index is 12.4. The van der Waals surface area contributed by atoms with Gasteiger partial charge in [0.1, 0.15) is 0 Å². The summed E-state index contributed by atoms with van der Waals surface area (Å²) in [6.07, 6.45) is 3.17. The molecule has 0 saturated carbocycles. The van der Waals surface area contributed by atoms with Crippen molar-refractivity contribution in [3.05, 3.63) is 59.7 Å². The van der Waals surface area contributed by atoms with Crippen LogP contribution < -0.4 is 4.90 Å². The highest BCUT2D eigenvalue weighted by Gasteiger charge is 2.36.